The van der Waals surface area contributed by atoms with Crippen LogP contribution in [0.2, 0.25) is 0 Å². The highest BCUT2D eigenvalue weighted by atomic mass is 19.3. The van der Waals surface area contributed by atoms with Crippen LogP contribution in [-0.2, 0) is 5.92 Å². The highest BCUT2D eigenvalue weighted by molar-refractivity contribution is 5.27. The van der Waals surface area contributed by atoms with E-state index in [0.717, 1.165) is 0 Å². The van der Waals surface area contributed by atoms with Crippen molar-refractivity contribution in [3.8, 4) is 0 Å². The van der Waals surface area contributed by atoms with E-state index in [2.05, 4.69) is 0 Å². The Kier molecular flexibility index (Phi) is 3.13. The fourth-order valence-corrected chi connectivity index (χ4v) is 1.01. The van der Waals surface area contributed by atoms with Crippen molar-refractivity contribution in [1.82, 2.24) is 0 Å². The first-order valence-electron chi connectivity index (χ1n) is 3.74. The number of benzene rings is 1. The van der Waals surface area contributed by atoms with E-state index in [-0.39, 0.29) is 0 Å². The van der Waals surface area contributed by atoms with Gasteiger partial charge in [0.1, 0.15) is 12.2 Å². The second-order valence-electron chi connectivity index (χ2n) is 2.81. The molecule has 0 aliphatic rings. The molecule has 1 aromatic rings. The molecule has 0 saturated heterocycles. The smallest absolute Gasteiger partial charge is 0.301 e. The summed E-state index contributed by atoms with van der Waals surface area (Å²) in [5.41, 5.74) is -2.34. The van der Waals surface area contributed by atoms with E-state index in [1.807, 2.05) is 0 Å². The number of hydrogen-bond donors (Lipinski definition) is 1. The van der Waals surface area contributed by atoms with Crippen LogP contribution in [0.25, 0.3) is 0 Å². The number of aliphatic hydroxyl groups is 1. The fraction of sp³-hybridized carbons (Fsp3) is 0.250. The molecule has 0 atom stereocenters. The molecule has 1 rings (SSSR count). The van der Waals surface area contributed by atoms with Crippen molar-refractivity contribution < 1.29 is 35.8 Å². The quantitative estimate of drug-likeness (QED) is 0.484. The molecule has 16 heavy (non-hydrogen) atoms. The lowest BCUT2D eigenvalue weighted by Crippen LogP contribution is -2.24. The Hall–Kier alpha value is -1.31. The summed E-state index contributed by atoms with van der Waals surface area (Å²) in [5, 5.41) is 8.13. The van der Waals surface area contributed by atoms with E-state index >= 15 is 0 Å². The van der Waals surface area contributed by atoms with E-state index in [9.17, 15) is 30.7 Å². The molecule has 0 unspecified atom stereocenters. The second kappa shape index (κ2) is 3.93. The Morgan fingerprint density at radius 3 is 1.38 bits per heavy atom. The zero-order valence-electron chi connectivity index (χ0n) is 7.30. The highest BCUT2D eigenvalue weighted by Gasteiger charge is 2.41. The molecule has 0 fully saturated rings. The van der Waals surface area contributed by atoms with Crippen LogP contribution in [0.1, 0.15) is 5.56 Å². The van der Waals surface area contributed by atoms with Crippen LogP contribution in [0.4, 0.5) is 30.7 Å². The van der Waals surface area contributed by atoms with Crippen molar-refractivity contribution in [2.45, 2.75) is 5.92 Å². The van der Waals surface area contributed by atoms with E-state index < -0.39 is 47.2 Å². The first-order chi connectivity index (χ1) is 7.24. The maximum Gasteiger partial charge on any atom is 0.301 e. The molecular weight excluding hydrogens is 245 g/mol. The predicted molar refractivity (Wildman–Crippen MR) is 37.2 cm³/mol. The minimum atomic E-state index is -4.55. The summed E-state index contributed by atoms with van der Waals surface area (Å²) >= 11 is 0. The zero-order chi connectivity index (χ0) is 12.7. The van der Waals surface area contributed by atoms with Gasteiger partial charge in [0.05, 0.1) is 0 Å². The van der Waals surface area contributed by atoms with Gasteiger partial charge < -0.3 is 5.11 Å². The molecule has 0 aliphatic heterocycles. The number of alkyl halides is 2. The van der Waals surface area contributed by atoms with Crippen LogP contribution in [0.3, 0.4) is 0 Å². The summed E-state index contributed by atoms with van der Waals surface area (Å²) in [5.74, 6) is -17.4. The molecule has 0 radical (unpaired) electrons. The molecule has 0 saturated carbocycles. The molecule has 1 N–H and O–H groups in total. The van der Waals surface area contributed by atoms with E-state index in [1.54, 1.807) is 0 Å². The summed E-state index contributed by atoms with van der Waals surface area (Å²) in [6.45, 7) is -2.08. The lowest BCUT2D eigenvalue weighted by atomic mass is 10.1. The molecule has 90 valence electrons. The minimum Gasteiger partial charge on any atom is -0.390 e. The third-order valence-electron chi connectivity index (χ3n) is 1.77. The third-order valence-corrected chi connectivity index (χ3v) is 1.77. The van der Waals surface area contributed by atoms with Crippen LogP contribution in [-0.4, -0.2) is 11.7 Å². The summed E-state index contributed by atoms with van der Waals surface area (Å²) in [6.07, 6.45) is 0. The van der Waals surface area contributed by atoms with Crippen LogP contribution in [0.15, 0.2) is 0 Å². The van der Waals surface area contributed by atoms with E-state index in [0.29, 0.717) is 0 Å². The van der Waals surface area contributed by atoms with Gasteiger partial charge in [-0.25, -0.2) is 22.0 Å². The molecule has 0 aromatic heterocycles. The SMILES string of the molecule is OCC(F)(F)c1c(F)c(F)c(F)c(F)c1F. The van der Waals surface area contributed by atoms with Gasteiger partial charge in [-0.3, -0.25) is 0 Å². The molecule has 0 aliphatic carbocycles. The molecule has 1 aromatic carbocycles. The van der Waals surface area contributed by atoms with Crippen molar-refractivity contribution >= 4 is 0 Å². The summed E-state index contributed by atoms with van der Waals surface area (Å²) in [7, 11) is 0. The Labute approximate surface area is 84.1 Å². The molecule has 0 spiro atoms. The Bertz CT molecular complexity index is 400. The monoisotopic (exact) mass is 248 g/mol. The van der Waals surface area contributed by atoms with E-state index in [4.69, 9.17) is 5.11 Å². The van der Waals surface area contributed by atoms with Crippen LogP contribution >= 0.6 is 0 Å². The Morgan fingerprint density at radius 2 is 1.06 bits per heavy atom. The number of hydrogen-bond acceptors (Lipinski definition) is 1. The van der Waals surface area contributed by atoms with Crippen molar-refractivity contribution in [3.63, 3.8) is 0 Å². The first kappa shape index (κ1) is 12.8. The van der Waals surface area contributed by atoms with Crippen molar-refractivity contribution in [1.29, 1.82) is 0 Å². The summed E-state index contributed by atoms with van der Waals surface area (Å²) < 4.78 is 88.4. The lowest BCUT2D eigenvalue weighted by molar-refractivity contribution is -0.0622. The predicted octanol–water partition coefficient (Wildman–Crippen LogP) is 2.47. The second-order valence-corrected chi connectivity index (χ2v) is 2.81. The topological polar surface area (TPSA) is 20.2 Å². The Balaban J connectivity index is 3.65. The van der Waals surface area contributed by atoms with Gasteiger partial charge in [0.15, 0.2) is 23.3 Å². The summed E-state index contributed by atoms with van der Waals surface area (Å²) in [6, 6.07) is 0. The lowest BCUT2D eigenvalue weighted by Gasteiger charge is -2.16. The molecule has 0 heterocycles. The molecule has 1 nitrogen and oxygen atoms in total. The molecule has 0 amide bonds. The highest BCUT2D eigenvalue weighted by Crippen LogP contribution is 2.34. The van der Waals surface area contributed by atoms with E-state index in [1.165, 1.54) is 0 Å². The molecule has 0 bridgehead atoms. The normalized spacial score (nSPS) is 12.0. The van der Waals surface area contributed by atoms with Gasteiger partial charge in [0.25, 0.3) is 0 Å². The Morgan fingerprint density at radius 1 is 0.750 bits per heavy atom. The fourth-order valence-electron chi connectivity index (χ4n) is 1.01. The van der Waals surface area contributed by atoms with Crippen molar-refractivity contribution in [2.24, 2.45) is 0 Å². The van der Waals surface area contributed by atoms with Gasteiger partial charge in [-0.05, 0) is 0 Å². The van der Waals surface area contributed by atoms with Crippen LogP contribution in [0.5, 0.6) is 0 Å². The number of halogens is 7. The van der Waals surface area contributed by atoms with Crippen molar-refractivity contribution in [3.05, 3.63) is 34.6 Å². The first-order valence-corrected chi connectivity index (χ1v) is 3.74. The van der Waals surface area contributed by atoms with Gasteiger partial charge in [-0.1, -0.05) is 0 Å². The van der Waals surface area contributed by atoms with Crippen LogP contribution < -0.4 is 0 Å². The summed E-state index contributed by atoms with van der Waals surface area (Å²) in [4.78, 5) is 0. The van der Waals surface area contributed by atoms with Crippen molar-refractivity contribution in [2.75, 3.05) is 6.61 Å². The minimum absolute atomic E-state index is 2.08. The van der Waals surface area contributed by atoms with Gasteiger partial charge >= 0.3 is 5.92 Å². The van der Waals surface area contributed by atoms with Gasteiger partial charge in [0, 0.05) is 0 Å². The maximum absolute atomic E-state index is 12.8. The zero-order valence-corrected chi connectivity index (χ0v) is 7.30. The molecular formula is C8H3F7O. The van der Waals surface area contributed by atoms with Crippen LogP contribution in [0, 0.1) is 29.1 Å². The standard InChI is InChI=1S/C8H3F7O/c9-3-2(8(14,15)1-16)4(10)6(12)7(13)5(3)11/h16H,1H2. The van der Waals surface area contributed by atoms with Gasteiger partial charge in [0.2, 0.25) is 5.82 Å². The average Bonchev–Trinajstić information content (AvgIpc) is 2.23. The average molecular weight is 248 g/mol. The van der Waals surface area contributed by atoms with Gasteiger partial charge in [-0.2, -0.15) is 8.78 Å². The largest absolute Gasteiger partial charge is 0.390 e. The number of aliphatic hydroxyl groups excluding tert-OH is 1. The maximum atomic E-state index is 12.8. The third kappa shape index (κ3) is 1.73. The molecule has 8 heteroatoms. The van der Waals surface area contributed by atoms with Gasteiger partial charge in [-0.15, -0.1) is 0 Å². The number of rotatable bonds is 2.